The number of rotatable bonds is 4. The van der Waals surface area contributed by atoms with Crippen molar-refractivity contribution in [3.05, 3.63) is 53.9 Å². The van der Waals surface area contributed by atoms with Gasteiger partial charge in [0.25, 0.3) is 5.91 Å². The highest BCUT2D eigenvalue weighted by Gasteiger charge is 2.15. The summed E-state index contributed by atoms with van der Waals surface area (Å²) in [7, 11) is 0. The summed E-state index contributed by atoms with van der Waals surface area (Å²) in [6.45, 7) is 5.78. The maximum absolute atomic E-state index is 12.0. The third-order valence-corrected chi connectivity index (χ3v) is 3.09. The van der Waals surface area contributed by atoms with E-state index in [1.165, 1.54) is 5.56 Å². The van der Waals surface area contributed by atoms with E-state index in [1.54, 1.807) is 31.5 Å². The molecule has 0 aliphatic carbocycles. The Morgan fingerprint density at radius 1 is 1.25 bits per heavy atom. The lowest BCUT2D eigenvalue weighted by Crippen LogP contribution is -2.30. The van der Waals surface area contributed by atoms with Crippen molar-refractivity contribution in [2.45, 2.75) is 26.9 Å². The highest BCUT2D eigenvalue weighted by molar-refractivity contribution is 5.93. The fourth-order valence-corrected chi connectivity index (χ4v) is 1.73. The molecule has 1 atom stereocenters. The van der Waals surface area contributed by atoms with Crippen molar-refractivity contribution in [2.75, 3.05) is 5.32 Å². The summed E-state index contributed by atoms with van der Waals surface area (Å²) >= 11 is 0. The monoisotopic (exact) mass is 270 g/mol. The summed E-state index contributed by atoms with van der Waals surface area (Å²) < 4.78 is 5.65. The van der Waals surface area contributed by atoms with E-state index in [9.17, 15) is 4.79 Å². The van der Waals surface area contributed by atoms with E-state index < -0.39 is 6.10 Å². The Hall–Kier alpha value is -2.36. The fourth-order valence-electron chi connectivity index (χ4n) is 1.73. The Morgan fingerprint density at radius 3 is 2.70 bits per heavy atom. The average Bonchev–Trinajstić information content (AvgIpc) is 2.44. The average molecular weight is 270 g/mol. The van der Waals surface area contributed by atoms with Crippen LogP contribution in [0.1, 0.15) is 18.1 Å². The first kappa shape index (κ1) is 14.1. The maximum atomic E-state index is 12.0. The van der Waals surface area contributed by atoms with Gasteiger partial charge in [-0.15, -0.1) is 0 Å². The van der Waals surface area contributed by atoms with E-state index in [0.29, 0.717) is 11.4 Å². The van der Waals surface area contributed by atoms with Gasteiger partial charge in [0.15, 0.2) is 6.10 Å². The van der Waals surface area contributed by atoms with Crippen molar-refractivity contribution in [2.24, 2.45) is 0 Å². The van der Waals surface area contributed by atoms with Crippen molar-refractivity contribution in [3.63, 3.8) is 0 Å². The van der Waals surface area contributed by atoms with E-state index in [1.807, 2.05) is 32.0 Å². The molecule has 1 N–H and O–H groups in total. The van der Waals surface area contributed by atoms with Gasteiger partial charge in [0.2, 0.25) is 0 Å². The van der Waals surface area contributed by atoms with Crippen LogP contribution in [0.25, 0.3) is 0 Å². The summed E-state index contributed by atoms with van der Waals surface area (Å²) in [5.74, 6) is 0.498. The van der Waals surface area contributed by atoms with Crippen LogP contribution in [0.15, 0.2) is 42.7 Å². The van der Waals surface area contributed by atoms with Gasteiger partial charge < -0.3 is 10.1 Å². The van der Waals surface area contributed by atoms with Crippen molar-refractivity contribution in [3.8, 4) is 5.75 Å². The van der Waals surface area contributed by atoms with E-state index in [-0.39, 0.29) is 5.91 Å². The summed E-state index contributed by atoms with van der Waals surface area (Å²) in [5.41, 5.74) is 3.00. The number of anilines is 1. The number of aryl methyl sites for hydroxylation is 2. The van der Waals surface area contributed by atoms with Crippen LogP contribution in [-0.2, 0) is 4.79 Å². The van der Waals surface area contributed by atoms with E-state index in [2.05, 4.69) is 10.3 Å². The Balaban J connectivity index is 1.98. The standard InChI is InChI=1S/C16H18N2O2/c1-11-6-7-15(9-12(11)2)20-13(3)16(19)18-14-5-4-8-17-10-14/h4-10,13H,1-3H3,(H,18,19). The molecule has 0 saturated carbocycles. The van der Waals surface area contributed by atoms with Gasteiger partial charge >= 0.3 is 0 Å². The van der Waals surface area contributed by atoms with Crippen molar-refractivity contribution in [1.29, 1.82) is 0 Å². The van der Waals surface area contributed by atoms with Gasteiger partial charge in [0.1, 0.15) is 5.75 Å². The van der Waals surface area contributed by atoms with Gasteiger partial charge in [-0.2, -0.15) is 0 Å². The van der Waals surface area contributed by atoms with Crippen molar-refractivity contribution >= 4 is 11.6 Å². The number of carbonyl (C=O) groups excluding carboxylic acids is 1. The topological polar surface area (TPSA) is 51.2 Å². The van der Waals surface area contributed by atoms with Gasteiger partial charge in [0.05, 0.1) is 11.9 Å². The predicted octanol–water partition coefficient (Wildman–Crippen LogP) is 3.10. The number of hydrogen-bond acceptors (Lipinski definition) is 3. The Labute approximate surface area is 118 Å². The number of nitrogens with one attached hydrogen (secondary N) is 1. The zero-order valence-corrected chi connectivity index (χ0v) is 11.9. The maximum Gasteiger partial charge on any atom is 0.265 e. The molecule has 0 spiro atoms. The lowest BCUT2D eigenvalue weighted by Gasteiger charge is -2.15. The van der Waals surface area contributed by atoms with E-state index >= 15 is 0 Å². The van der Waals surface area contributed by atoms with Gasteiger partial charge in [-0.05, 0) is 56.2 Å². The number of hydrogen-bond donors (Lipinski definition) is 1. The third kappa shape index (κ3) is 3.57. The zero-order valence-electron chi connectivity index (χ0n) is 11.9. The number of nitrogens with zero attached hydrogens (tertiary/aromatic N) is 1. The molecule has 4 heteroatoms. The predicted molar refractivity (Wildman–Crippen MR) is 78.9 cm³/mol. The summed E-state index contributed by atoms with van der Waals surface area (Å²) in [4.78, 5) is 16.0. The Morgan fingerprint density at radius 2 is 2.05 bits per heavy atom. The van der Waals surface area contributed by atoms with E-state index in [4.69, 9.17) is 4.74 Å². The molecule has 0 aliphatic rings. The van der Waals surface area contributed by atoms with Crippen LogP contribution in [-0.4, -0.2) is 17.0 Å². The highest BCUT2D eigenvalue weighted by atomic mass is 16.5. The van der Waals surface area contributed by atoms with Crippen LogP contribution in [0, 0.1) is 13.8 Å². The number of ether oxygens (including phenoxy) is 1. The molecular weight excluding hydrogens is 252 g/mol. The van der Waals surface area contributed by atoms with Gasteiger partial charge in [0, 0.05) is 6.20 Å². The van der Waals surface area contributed by atoms with Crippen LogP contribution >= 0.6 is 0 Å². The van der Waals surface area contributed by atoms with Crippen LogP contribution in [0.2, 0.25) is 0 Å². The minimum Gasteiger partial charge on any atom is -0.481 e. The molecule has 0 radical (unpaired) electrons. The lowest BCUT2D eigenvalue weighted by molar-refractivity contribution is -0.122. The highest BCUT2D eigenvalue weighted by Crippen LogP contribution is 2.18. The molecule has 1 aromatic carbocycles. The molecule has 0 fully saturated rings. The van der Waals surface area contributed by atoms with E-state index in [0.717, 1.165) is 5.56 Å². The minimum absolute atomic E-state index is 0.198. The first-order valence-electron chi connectivity index (χ1n) is 6.51. The fraction of sp³-hybridized carbons (Fsp3) is 0.250. The molecule has 0 bridgehead atoms. The number of pyridine rings is 1. The molecule has 20 heavy (non-hydrogen) atoms. The molecule has 0 saturated heterocycles. The zero-order chi connectivity index (χ0) is 14.5. The molecular formula is C16H18N2O2. The van der Waals surface area contributed by atoms with Gasteiger partial charge in [-0.3, -0.25) is 9.78 Å². The van der Waals surface area contributed by atoms with Crippen LogP contribution in [0.3, 0.4) is 0 Å². The largest absolute Gasteiger partial charge is 0.481 e. The number of amides is 1. The lowest BCUT2D eigenvalue weighted by atomic mass is 10.1. The second-order valence-corrected chi connectivity index (χ2v) is 4.74. The molecule has 4 nitrogen and oxygen atoms in total. The molecule has 104 valence electrons. The van der Waals surface area contributed by atoms with Crippen LogP contribution in [0.4, 0.5) is 5.69 Å². The molecule has 2 rings (SSSR count). The van der Waals surface area contributed by atoms with Crippen LogP contribution < -0.4 is 10.1 Å². The second-order valence-electron chi connectivity index (χ2n) is 4.74. The summed E-state index contributed by atoms with van der Waals surface area (Å²) in [6.07, 6.45) is 2.68. The normalized spacial score (nSPS) is 11.8. The first-order valence-corrected chi connectivity index (χ1v) is 6.51. The number of carbonyl (C=O) groups is 1. The summed E-state index contributed by atoms with van der Waals surface area (Å²) in [6, 6.07) is 9.34. The molecule has 1 unspecified atom stereocenters. The third-order valence-electron chi connectivity index (χ3n) is 3.09. The SMILES string of the molecule is Cc1ccc(OC(C)C(=O)Nc2cccnc2)cc1C. The molecule has 1 amide bonds. The first-order chi connectivity index (χ1) is 9.56. The van der Waals surface area contributed by atoms with Gasteiger partial charge in [-0.1, -0.05) is 6.07 Å². The number of benzene rings is 1. The Kier molecular flexibility index (Phi) is 4.35. The van der Waals surface area contributed by atoms with Crippen molar-refractivity contribution < 1.29 is 9.53 Å². The molecule has 2 aromatic rings. The van der Waals surface area contributed by atoms with Crippen molar-refractivity contribution in [1.82, 2.24) is 4.98 Å². The quantitative estimate of drug-likeness (QED) is 0.928. The number of aromatic nitrogens is 1. The second kappa shape index (κ2) is 6.19. The smallest absolute Gasteiger partial charge is 0.265 e. The van der Waals surface area contributed by atoms with Crippen LogP contribution in [0.5, 0.6) is 5.75 Å². The Bertz CT molecular complexity index is 597. The summed E-state index contributed by atoms with van der Waals surface area (Å²) in [5, 5.41) is 2.76. The molecule has 0 aliphatic heterocycles. The minimum atomic E-state index is -0.572. The van der Waals surface area contributed by atoms with Gasteiger partial charge in [-0.25, -0.2) is 0 Å². The molecule has 1 heterocycles. The molecule has 1 aromatic heterocycles.